The van der Waals surface area contributed by atoms with Crippen molar-refractivity contribution in [3.63, 3.8) is 0 Å². The summed E-state index contributed by atoms with van der Waals surface area (Å²) in [4.78, 5) is 0. The van der Waals surface area contributed by atoms with E-state index in [0.29, 0.717) is 0 Å². The van der Waals surface area contributed by atoms with Crippen molar-refractivity contribution in [1.82, 2.24) is 0 Å². The van der Waals surface area contributed by atoms with Crippen molar-refractivity contribution in [2.75, 3.05) is 0 Å². The van der Waals surface area contributed by atoms with E-state index in [1.165, 1.54) is 0 Å². The van der Waals surface area contributed by atoms with Crippen LogP contribution in [-0.2, 0) is 32.7 Å². The van der Waals surface area contributed by atoms with Gasteiger partial charge in [-0.2, -0.15) is 18.2 Å². The molecule has 0 amide bonds. The van der Waals surface area contributed by atoms with E-state index in [1.54, 1.807) is 18.2 Å². The molecule has 0 aromatic rings. The summed E-state index contributed by atoms with van der Waals surface area (Å²) < 4.78 is 0. The van der Waals surface area contributed by atoms with E-state index >= 15 is 0 Å². The Morgan fingerprint density at radius 1 is 1.09 bits per heavy atom. The van der Waals surface area contributed by atoms with Crippen LogP contribution in [0.15, 0.2) is 43.5 Å². The Hall–Kier alpha value is 0.0639. The maximum Gasteiger partial charge on any atom is 0 e. The van der Waals surface area contributed by atoms with Gasteiger partial charge in [-0.25, -0.2) is 0 Å². The second-order valence-corrected chi connectivity index (χ2v) is 1.21. The van der Waals surface area contributed by atoms with Gasteiger partial charge in [0.2, 0.25) is 0 Å². The Labute approximate surface area is 95.7 Å². The van der Waals surface area contributed by atoms with Gasteiger partial charge in [0.05, 0.1) is 0 Å². The zero-order valence-corrected chi connectivity index (χ0v) is 10.3. The Balaban J connectivity index is -0.000000196. The van der Waals surface area contributed by atoms with Crippen molar-refractivity contribution in [2.24, 2.45) is 0 Å². The van der Waals surface area contributed by atoms with Crippen molar-refractivity contribution in [1.29, 1.82) is 0 Å². The van der Waals surface area contributed by atoms with Crippen LogP contribution in [0.4, 0.5) is 0 Å². The minimum atomic E-state index is 0. The summed E-state index contributed by atoms with van der Waals surface area (Å²) in [5.41, 5.74) is 0.875. The first-order valence-corrected chi connectivity index (χ1v) is 3.34. The maximum absolute atomic E-state index is 3.53. The average molecular weight is 224 g/mol. The molecule has 0 N–H and O–H groups in total. The molecule has 0 aliphatic heterocycles. The first kappa shape index (κ1) is 17.2. The predicted molar refractivity (Wildman–Crippen MR) is 48.7 cm³/mol. The van der Waals surface area contributed by atoms with Crippen LogP contribution in [0, 0.1) is 6.08 Å². The predicted octanol–water partition coefficient (Wildman–Crippen LogP) is 3.30. The third-order valence-corrected chi connectivity index (χ3v) is 0.709. The van der Waals surface area contributed by atoms with Crippen molar-refractivity contribution in [2.45, 2.75) is 13.8 Å². The number of hydrogen-bond acceptors (Lipinski definition) is 0. The van der Waals surface area contributed by atoms with Crippen LogP contribution in [0.2, 0.25) is 0 Å². The van der Waals surface area contributed by atoms with Gasteiger partial charge in [0.15, 0.2) is 0 Å². The van der Waals surface area contributed by atoms with Crippen LogP contribution in [0.5, 0.6) is 0 Å². The molecule has 0 aromatic carbocycles. The zero-order valence-electron chi connectivity index (χ0n) is 7.43. The molecule has 0 saturated carbocycles. The van der Waals surface area contributed by atoms with Gasteiger partial charge in [0.1, 0.15) is 0 Å². The maximum atomic E-state index is 3.53. The molecule has 0 rings (SSSR count). The molecular formula is C10H15Y-. The molecule has 0 aromatic heterocycles. The molecule has 0 saturated heterocycles. The molecule has 0 aliphatic carbocycles. The van der Waals surface area contributed by atoms with Crippen LogP contribution in [0.3, 0.4) is 0 Å². The van der Waals surface area contributed by atoms with E-state index in [0.717, 1.165) is 5.57 Å². The fraction of sp³-hybridized carbons (Fsp3) is 0.200. The second kappa shape index (κ2) is 16.6. The van der Waals surface area contributed by atoms with Crippen molar-refractivity contribution < 1.29 is 32.7 Å². The minimum Gasteiger partial charge on any atom is -0.170 e. The summed E-state index contributed by atoms with van der Waals surface area (Å²) in [6, 6.07) is 0. The van der Waals surface area contributed by atoms with Crippen LogP contribution < -0.4 is 0 Å². The molecule has 0 unspecified atom stereocenters. The first-order chi connectivity index (χ1) is 4.85. The van der Waals surface area contributed by atoms with Crippen molar-refractivity contribution >= 4 is 0 Å². The van der Waals surface area contributed by atoms with E-state index in [4.69, 9.17) is 0 Å². The SMILES string of the molecule is C=C[C-]=C(C=C)C=C.CC.[Y]. The van der Waals surface area contributed by atoms with Gasteiger partial charge in [-0.15, -0.1) is 31.4 Å². The van der Waals surface area contributed by atoms with E-state index in [2.05, 4.69) is 25.8 Å². The van der Waals surface area contributed by atoms with E-state index in [1.807, 2.05) is 13.8 Å². The Morgan fingerprint density at radius 2 is 1.45 bits per heavy atom. The molecule has 0 aliphatic rings. The monoisotopic (exact) mass is 224 g/mol. The largest absolute Gasteiger partial charge is 0.170 e. The summed E-state index contributed by atoms with van der Waals surface area (Å²) in [6.07, 6.45) is 7.76. The van der Waals surface area contributed by atoms with Gasteiger partial charge in [-0.3, -0.25) is 0 Å². The van der Waals surface area contributed by atoms with Gasteiger partial charge < -0.3 is 0 Å². The van der Waals surface area contributed by atoms with Gasteiger partial charge in [-0.1, -0.05) is 13.8 Å². The Bertz CT molecular complexity index is 122. The quantitative estimate of drug-likeness (QED) is 0.509. The number of rotatable bonds is 3. The molecule has 0 fully saturated rings. The summed E-state index contributed by atoms with van der Waals surface area (Å²) in [7, 11) is 0. The summed E-state index contributed by atoms with van der Waals surface area (Å²) in [5, 5.41) is 0. The molecule has 0 spiro atoms. The van der Waals surface area contributed by atoms with Crippen LogP contribution in [0.1, 0.15) is 13.8 Å². The van der Waals surface area contributed by atoms with Gasteiger partial charge in [0.25, 0.3) is 0 Å². The molecule has 59 valence electrons. The minimum absolute atomic E-state index is 0. The fourth-order valence-electron chi connectivity index (χ4n) is 0.319. The summed E-state index contributed by atoms with van der Waals surface area (Å²) in [6.45, 7) is 14.5. The van der Waals surface area contributed by atoms with Crippen molar-refractivity contribution in [3.05, 3.63) is 49.6 Å². The van der Waals surface area contributed by atoms with Gasteiger partial charge in [-0.05, 0) is 0 Å². The van der Waals surface area contributed by atoms with E-state index in [-0.39, 0.29) is 32.7 Å². The summed E-state index contributed by atoms with van der Waals surface area (Å²) in [5.74, 6) is 0. The summed E-state index contributed by atoms with van der Waals surface area (Å²) >= 11 is 0. The molecule has 0 atom stereocenters. The van der Waals surface area contributed by atoms with Gasteiger partial charge >= 0.3 is 0 Å². The Morgan fingerprint density at radius 3 is 1.55 bits per heavy atom. The van der Waals surface area contributed by atoms with E-state index < -0.39 is 0 Å². The number of hydrogen-bond donors (Lipinski definition) is 0. The van der Waals surface area contributed by atoms with Crippen LogP contribution in [-0.4, -0.2) is 0 Å². The molecule has 11 heavy (non-hydrogen) atoms. The zero-order chi connectivity index (χ0) is 8.41. The molecule has 0 bridgehead atoms. The fourth-order valence-corrected chi connectivity index (χ4v) is 0.319. The van der Waals surface area contributed by atoms with Crippen LogP contribution >= 0.6 is 0 Å². The third-order valence-electron chi connectivity index (χ3n) is 0.709. The molecule has 0 heterocycles. The van der Waals surface area contributed by atoms with Crippen molar-refractivity contribution in [3.8, 4) is 0 Å². The number of allylic oxidation sites excluding steroid dienone is 5. The smallest absolute Gasteiger partial charge is 0 e. The molecular weight excluding hydrogens is 209 g/mol. The van der Waals surface area contributed by atoms with E-state index in [9.17, 15) is 0 Å². The Kier molecular flexibility index (Phi) is 26.0. The average Bonchev–Trinajstić information content (AvgIpc) is 2.04. The molecule has 1 radical (unpaired) electrons. The van der Waals surface area contributed by atoms with Crippen LogP contribution in [0.25, 0.3) is 0 Å². The third kappa shape index (κ3) is 13.1. The first-order valence-electron chi connectivity index (χ1n) is 3.34. The normalized spacial score (nSPS) is 5.64. The molecule has 0 nitrogen and oxygen atoms in total. The van der Waals surface area contributed by atoms with Gasteiger partial charge in [0, 0.05) is 32.7 Å². The molecule has 1 heteroatoms. The second-order valence-electron chi connectivity index (χ2n) is 1.21. The topological polar surface area (TPSA) is 0 Å². The standard InChI is InChI=1S/C8H9.C2H6.Y/c1-4-7-8(5-2)6-3;1-2;/h4-6H,1-3H2;1-2H3;/q-1;;.